The zero-order valence-corrected chi connectivity index (χ0v) is 17.7. The van der Waals surface area contributed by atoms with E-state index in [0.29, 0.717) is 11.7 Å². The van der Waals surface area contributed by atoms with Gasteiger partial charge in [0.25, 0.3) is 0 Å². The van der Waals surface area contributed by atoms with Crippen LogP contribution in [0.1, 0.15) is 30.4 Å². The minimum Gasteiger partial charge on any atom is -0.507 e. The normalized spacial score (nSPS) is 12.9. The van der Waals surface area contributed by atoms with Gasteiger partial charge in [-0.05, 0) is 67.6 Å². The van der Waals surface area contributed by atoms with E-state index < -0.39 is 0 Å². The Bertz CT molecular complexity index is 1130. The third-order valence-corrected chi connectivity index (χ3v) is 6.35. The molecule has 0 spiro atoms. The molecule has 0 aliphatic heterocycles. The fourth-order valence-electron chi connectivity index (χ4n) is 4.09. The van der Waals surface area contributed by atoms with Gasteiger partial charge in [-0.15, -0.1) is 11.3 Å². The number of aromatic hydroxyl groups is 1. The summed E-state index contributed by atoms with van der Waals surface area (Å²) in [6.07, 6.45) is 3.04. The third-order valence-electron chi connectivity index (χ3n) is 5.49. The molecule has 2 aromatic heterocycles. The van der Waals surface area contributed by atoms with Gasteiger partial charge in [0.15, 0.2) is 0 Å². The van der Waals surface area contributed by atoms with Crippen LogP contribution < -0.4 is 0 Å². The van der Waals surface area contributed by atoms with Crippen LogP contribution in [0.2, 0.25) is 0 Å². The molecule has 28 heavy (non-hydrogen) atoms. The molecule has 2 heterocycles. The molecular formula is C24H26N2OS. The molecule has 1 atom stereocenters. The molecule has 1 unspecified atom stereocenters. The van der Waals surface area contributed by atoms with E-state index in [2.05, 4.69) is 61.6 Å². The largest absolute Gasteiger partial charge is 0.507 e. The lowest BCUT2D eigenvalue weighted by Gasteiger charge is -2.20. The van der Waals surface area contributed by atoms with Gasteiger partial charge in [-0.1, -0.05) is 31.2 Å². The average molecular weight is 391 g/mol. The molecular weight excluding hydrogens is 364 g/mol. The number of aromatic nitrogens is 1. The van der Waals surface area contributed by atoms with Crippen molar-refractivity contribution >= 4 is 32.3 Å². The van der Waals surface area contributed by atoms with Gasteiger partial charge in [-0.25, -0.2) is 0 Å². The van der Waals surface area contributed by atoms with Crippen LogP contribution >= 0.6 is 11.3 Å². The molecule has 4 aromatic rings. The maximum absolute atomic E-state index is 10.9. The molecule has 0 aliphatic rings. The van der Waals surface area contributed by atoms with E-state index >= 15 is 0 Å². The van der Waals surface area contributed by atoms with Crippen LogP contribution in [0.3, 0.4) is 0 Å². The van der Waals surface area contributed by atoms with Crippen molar-refractivity contribution in [2.75, 3.05) is 20.6 Å². The number of thiophene rings is 1. The van der Waals surface area contributed by atoms with E-state index in [1.165, 1.54) is 5.56 Å². The topological polar surface area (TPSA) is 36.4 Å². The Kier molecular flexibility index (Phi) is 5.09. The Labute approximate surface area is 170 Å². The van der Waals surface area contributed by atoms with Crippen LogP contribution in [0.25, 0.3) is 32.1 Å². The average Bonchev–Trinajstić information content (AvgIpc) is 3.15. The first-order chi connectivity index (χ1) is 13.5. The van der Waals surface area contributed by atoms with Crippen LogP contribution in [0.4, 0.5) is 0 Å². The summed E-state index contributed by atoms with van der Waals surface area (Å²) in [6.45, 7) is 5.28. The van der Waals surface area contributed by atoms with Crippen molar-refractivity contribution in [2.24, 2.45) is 0 Å². The summed E-state index contributed by atoms with van der Waals surface area (Å²) in [6, 6.07) is 12.7. The van der Waals surface area contributed by atoms with E-state index in [0.717, 1.165) is 50.6 Å². The van der Waals surface area contributed by atoms with E-state index in [1.807, 2.05) is 19.2 Å². The summed E-state index contributed by atoms with van der Waals surface area (Å²) >= 11 is 1.68. The van der Waals surface area contributed by atoms with E-state index in [4.69, 9.17) is 4.98 Å². The maximum atomic E-state index is 10.9. The first kappa shape index (κ1) is 18.9. The van der Waals surface area contributed by atoms with E-state index in [1.54, 1.807) is 11.3 Å². The second-order valence-corrected chi connectivity index (χ2v) is 8.71. The summed E-state index contributed by atoms with van der Waals surface area (Å²) in [4.78, 5) is 6.93. The minimum atomic E-state index is 0.318. The van der Waals surface area contributed by atoms with Crippen molar-refractivity contribution in [3.05, 3.63) is 59.1 Å². The smallest absolute Gasteiger partial charge is 0.124 e. The van der Waals surface area contributed by atoms with Gasteiger partial charge in [-0.3, -0.25) is 4.98 Å². The highest BCUT2D eigenvalue weighted by Gasteiger charge is 2.17. The number of pyridine rings is 1. The van der Waals surface area contributed by atoms with Crippen LogP contribution in [0, 0.1) is 6.92 Å². The van der Waals surface area contributed by atoms with Crippen molar-refractivity contribution in [3.8, 4) is 16.9 Å². The number of phenolic OH excluding ortho intramolecular Hbond substituents is 1. The van der Waals surface area contributed by atoms with Gasteiger partial charge in [0.1, 0.15) is 5.75 Å². The molecule has 0 aliphatic carbocycles. The van der Waals surface area contributed by atoms with Crippen LogP contribution in [-0.4, -0.2) is 35.6 Å². The predicted molar refractivity (Wildman–Crippen MR) is 121 cm³/mol. The van der Waals surface area contributed by atoms with Gasteiger partial charge in [-0.2, -0.15) is 0 Å². The van der Waals surface area contributed by atoms with Gasteiger partial charge in [0.05, 0.1) is 10.2 Å². The number of rotatable bonds is 5. The van der Waals surface area contributed by atoms with Crippen molar-refractivity contribution in [3.63, 3.8) is 0 Å². The van der Waals surface area contributed by atoms with Gasteiger partial charge >= 0.3 is 0 Å². The Morgan fingerprint density at radius 2 is 1.89 bits per heavy atom. The van der Waals surface area contributed by atoms with Crippen LogP contribution in [0.15, 0.2) is 48.0 Å². The summed E-state index contributed by atoms with van der Waals surface area (Å²) in [5.41, 5.74) is 5.21. The van der Waals surface area contributed by atoms with Crippen LogP contribution in [-0.2, 0) is 0 Å². The zero-order chi connectivity index (χ0) is 19.8. The third kappa shape index (κ3) is 3.27. The van der Waals surface area contributed by atoms with Gasteiger partial charge < -0.3 is 10.0 Å². The Morgan fingerprint density at radius 1 is 1.14 bits per heavy atom. The summed E-state index contributed by atoms with van der Waals surface area (Å²) in [5.74, 6) is 0.830. The van der Waals surface area contributed by atoms with Gasteiger partial charge in [0.2, 0.25) is 0 Å². The zero-order valence-electron chi connectivity index (χ0n) is 16.9. The SMILES string of the molecule is CCC(CN(C)C)c1ccc(-c2c(O)cc(C)c3ncc4sccc4c23)cc1. The molecule has 1 N–H and O–H groups in total. The molecule has 0 saturated carbocycles. The molecule has 4 rings (SSSR count). The number of fused-ring (bicyclic) bond motifs is 3. The van der Waals surface area contributed by atoms with Crippen molar-refractivity contribution in [2.45, 2.75) is 26.2 Å². The summed E-state index contributed by atoms with van der Waals surface area (Å²) in [5, 5.41) is 15.1. The van der Waals surface area contributed by atoms with Gasteiger partial charge in [0, 0.05) is 29.1 Å². The molecule has 144 valence electrons. The second-order valence-electron chi connectivity index (χ2n) is 7.76. The lowest BCUT2D eigenvalue weighted by molar-refractivity contribution is 0.368. The summed E-state index contributed by atoms with van der Waals surface area (Å²) < 4.78 is 1.15. The Morgan fingerprint density at radius 3 is 2.57 bits per heavy atom. The highest BCUT2D eigenvalue weighted by Crippen LogP contribution is 2.42. The quantitative estimate of drug-likeness (QED) is 0.442. The molecule has 4 heteroatoms. The maximum Gasteiger partial charge on any atom is 0.124 e. The van der Waals surface area contributed by atoms with Crippen molar-refractivity contribution in [1.29, 1.82) is 0 Å². The first-order valence-corrected chi connectivity index (χ1v) is 10.6. The number of hydrogen-bond donors (Lipinski definition) is 1. The lowest BCUT2D eigenvalue weighted by atomic mass is 9.91. The standard InChI is InChI=1S/C24H26N2OS/c1-5-16(14-26(3)4)17-6-8-18(9-7-17)22-20(27)12-15(2)24-23(22)19-10-11-28-21(19)13-25-24/h6-13,16,27H,5,14H2,1-4H3. The number of likely N-dealkylation sites (N-methyl/N-ethyl adjacent to an activating group) is 1. The van der Waals surface area contributed by atoms with E-state index in [9.17, 15) is 5.11 Å². The molecule has 0 radical (unpaired) electrons. The first-order valence-electron chi connectivity index (χ1n) is 9.73. The molecule has 0 fully saturated rings. The monoisotopic (exact) mass is 390 g/mol. The number of phenols is 1. The molecule has 3 nitrogen and oxygen atoms in total. The second kappa shape index (κ2) is 7.53. The van der Waals surface area contributed by atoms with Crippen LogP contribution in [0.5, 0.6) is 5.75 Å². The fourth-order valence-corrected chi connectivity index (χ4v) is 4.86. The van der Waals surface area contributed by atoms with E-state index in [-0.39, 0.29) is 0 Å². The Hall–Kier alpha value is -2.43. The summed E-state index contributed by atoms with van der Waals surface area (Å²) in [7, 11) is 4.24. The molecule has 0 saturated heterocycles. The Balaban J connectivity index is 1.88. The molecule has 0 amide bonds. The number of nitrogens with zero attached hydrogens (tertiary/aromatic N) is 2. The van der Waals surface area contributed by atoms with Crippen molar-refractivity contribution < 1.29 is 5.11 Å². The fraction of sp³-hybridized carbons (Fsp3) is 0.292. The predicted octanol–water partition coefficient (Wildman–Crippen LogP) is 6.19. The minimum absolute atomic E-state index is 0.318. The number of aryl methyl sites for hydroxylation is 1. The highest BCUT2D eigenvalue weighted by atomic mass is 32.1. The number of hydrogen-bond acceptors (Lipinski definition) is 4. The lowest BCUT2D eigenvalue weighted by Crippen LogP contribution is -2.19. The number of benzene rings is 2. The highest BCUT2D eigenvalue weighted by molar-refractivity contribution is 7.17. The molecule has 2 aromatic carbocycles. The molecule has 0 bridgehead atoms. The van der Waals surface area contributed by atoms with Crippen molar-refractivity contribution in [1.82, 2.24) is 9.88 Å².